The minimum atomic E-state index is -0.349. The minimum absolute atomic E-state index is 0.235. The molecule has 0 spiro atoms. The molecule has 5 heteroatoms. The van der Waals surface area contributed by atoms with Gasteiger partial charge in [-0.1, -0.05) is 52.9 Å². The summed E-state index contributed by atoms with van der Waals surface area (Å²) in [6.07, 6.45) is 9.17. The summed E-state index contributed by atoms with van der Waals surface area (Å²) in [4.78, 5) is 23.7. The number of hydrogen-bond acceptors (Lipinski definition) is 5. The molecule has 0 amide bonds. The van der Waals surface area contributed by atoms with E-state index >= 15 is 0 Å². The van der Waals surface area contributed by atoms with Crippen molar-refractivity contribution in [3.05, 3.63) is 18.2 Å². The van der Waals surface area contributed by atoms with Gasteiger partial charge in [0, 0.05) is 18.9 Å². The van der Waals surface area contributed by atoms with Crippen LogP contribution in [0.2, 0.25) is 0 Å². The van der Waals surface area contributed by atoms with Crippen LogP contribution < -0.4 is 14.2 Å². The van der Waals surface area contributed by atoms with Gasteiger partial charge in [0.25, 0.3) is 0 Å². The van der Waals surface area contributed by atoms with Gasteiger partial charge in [0.1, 0.15) is 5.75 Å². The van der Waals surface area contributed by atoms with Crippen LogP contribution in [0.25, 0.3) is 0 Å². The molecule has 0 bridgehead atoms. The van der Waals surface area contributed by atoms with Crippen molar-refractivity contribution in [3.63, 3.8) is 0 Å². The number of rotatable bonds is 14. The second kappa shape index (κ2) is 14.1. The quantitative estimate of drug-likeness (QED) is 0.231. The van der Waals surface area contributed by atoms with E-state index in [9.17, 15) is 9.59 Å². The summed E-state index contributed by atoms with van der Waals surface area (Å²) in [5.41, 5.74) is 0. The van der Waals surface area contributed by atoms with Crippen molar-refractivity contribution in [3.8, 4) is 17.2 Å². The Balaban J connectivity index is 2.65. The molecule has 0 fully saturated rings. The second-order valence-electron chi connectivity index (χ2n) is 6.67. The van der Waals surface area contributed by atoms with Crippen LogP contribution in [0.3, 0.4) is 0 Å². The van der Waals surface area contributed by atoms with Crippen LogP contribution in [0.15, 0.2) is 18.2 Å². The predicted molar refractivity (Wildman–Crippen MR) is 106 cm³/mol. The lowest BCUT2D eigenvalue weighted by Crippen LogP contribution is -2.11. The van der Waals surface area contributed by atoms with Crippen molar-refractivity contribution in [2.45, 2.75) is 85.0 Å². The number of ether oxygens (including phenoxy) is 3. The third-order valence-corrected chi connectivity index (χ3v) is 4.04. The van der Waals surface area contributed by atoms with Gasteiger partial charge >= 0.3 is 11.9 Å². The molecule has 0 saturated carbocycles. The molecule has 1 aromatic rings. The molecular formula is C22H34O5. The maximum atomic E-state index is 11.9. The minimum Gasteiger partial charge on any atom is -0.493 e. The van der Waals surface area contributed by atoms with Crippen LogP contribution in [0.5, 0.6) is 17.2 Å². The molecule has 0 aliphatic carbocycles. The third-order valence-electron chi connectivity index (χ3n) is 4.04. The molecule has 27 heavy (non-hydrogen) atoms. The summed E-state index contributed by atoms with van der Waals surface area (Å²) in [6, 6.07) is 4.99. The highest BCUT2D eigenvalue weighted by molar-refractivity contribution is 5.76. The standard InChI is InChI=1S/C22H34O5/c1-4-7-8-9-10-11-16-25-18-14-15-19(26-21(23)12-5-2)20(17-18)27-22(24)13-6-3/h14-15,17H,4-13,16H2,1-3H3. The van der Waals surface area contributed by atoms with E-state index < -0.39 is 0 Å². The first-order valence-electron chi connectivity index (χ1n) is 10.3. The Morgan fingerprint density at radius 2 is 1.33 bits per heavy atom. The zero-order chi connectivity index (χ0) is 19.9. The fourth-order valence-electron chi connectivity index (χ4n) is 2.57. The van der Waals surface area contributed by atoms with Crippen LogP contribution in [0, 0.1) is 0 Å². The molecule has 0 aliphatic rings. The summed E-state index contributed by atoms with van der Waals surface area (Å²) in [6.45, 7) is 6.63. The SMILES string of the molecule is CCCCCCCCOc1ccc(OC(=O)CCC)c(OC(=O)CCC)c1. The van der Waals surface area contributed by atoms with Gasteiger partial charge in [-0.2, -0.15) is 0 Å². The van der Waals surface area contributed by atoms with Crippen molar-refractivity contribution < 1.29 is 23.8 Å². The zero-order valence-electron chi connectivity index (χ0n) is 17.1. The van der Waals surface area contributed by atoms with E-state index in [4.69, 9.17) is 14.2 Å². The molecule has 0 heterocycles. The number of benzene rings is 1. The molecule has 0 N–H and O–H groups in total. The van der Waals surface area contributed by atoms with Crippen molar-refractivity contribution in [2.75, 3.05) is 6.61 Å². The number of esters is 2. The first kappa shape index (κ1) is 23.0. The summed E-state index contributed by atoms with van der Waals surface area (Å²) in [5, 5.41) is 0. The van der Waals surface area contributed by atoms with E-state index in [0.717, 1.165) is 12.8 Å². The lowest BCUT2D eigenvalue weighted by atomic mass is 10.1. The molecular weight excluding hydrogens is 344 g/mol. The molecule has 0 aromatic heterocycles. The number of carbonyl (C=O) groups excluding carboxylic acids is 2. The van der Waals surface area contributed by atoms with Crippen LogP contribution in [0.4, 0.5) is 0 Å². The Kier molecular flexibility index (Phi) is 12.0. The molecule has 0 radical (unpaired) electrons. The predicted octanol–water partition coefficient (Wildman–Crippen LogP) is 5.84. The Morgan fingerprint density at radius 1 is 0.741 bits per heavy atom. The van der Waals surface area contributed by atoms with Crippen molar-refractivity contribution >= 4 is 11.9 Å². The first-order valence-corrected chi connectivity index (χ1v) is 10.3. The van der Waals surface area contributed by atoms with Crippen molar-refractivity contribution in [1.29, 1.82) is 0 Å². The third kappa shape index (κ3) is 10.0. The average molecular weight is 379 g/mol. The highest BCUT2D eigenvalue weighted by atomic mass is 16.6. The molecule has 0 saturated heterocycles. The smallest absolute Gasteiger partial charge is 0.311 e. The van der Waals surface area contributed by atoms with Gasteiger partial charge in [-0.05, 0) is 31.4 Å². The average Bonchev–Trinajstić information content (AvgIpc) is 2.63. The van der Waals surface area contributed by atoms with Gasteiger partial charge in [-0.3, -0.25) is 9.59 Å². The molecule has 1 aromatic carbocycles. The Morgan fingerprint density at radius 3 is 1.96 bits per heavy atom. The molecule has 1 rings (SSSR count). The van der Waals surface area contributed by atoms with Crippen LogP contribution in [-0.2, 0) is 9.59 Å². The maximum absolute atomic E-state index is 11.9. The molecule has 0 unspecified atom stereocenters. The monoisotopic (exact) mass is 378 g/mol. The summed E-state index contributed by atoms with van der Waals surface area (Å²) >= 11 is 0. The largest absolute Gasteiger partial charge is 0.493 e. The fraction of sp³-hybridized carbons (Fsp3) is 0.636. The van der Waals surface area contributed by atoms with Crippen LogP contribution in [0.1, 0.15) is 85.0 Å². The van der Waals surface area contributed by atoms with Crippen molar-refractivity contribution in [1.82, 2.24) is 0 Å². The molecule has 5 nitrogen and oxygen atoms in total. The molecule has 0 aliphatic heterocycles. The van der Waals surface area contributed by atoms with E-state index in [2.05, 4.69) is 6.92 Å². The van der Waals surface area contributed by atoms with E-state index in [0.29, 0.717) is 38.0 Å². The second-order valence-corrected chi connectivity index (χ2v) is 6.67. The number of carbonyl (C=O) groups is 2. The Labute approximate surface area is 163 Å². The van der Waals surface area contributed by atoms with Crippen LogP contribution >= 0.6 is 0 Å². The number of hydrogen-bond donors (Lipinski definition) is 0. The first-order chi connectivity index (χ1) is 13.1. The van der Waals surface area contributed by atoms with Crippen LogP contribution in [-0.4, -0.2) is 18.5 Å². The van der Waals surface area contributed by atoms with E-state index in [1.807, 2.05) is 13.8 Å². The molecule has 152 valence electrons. The lowest BCUT2D eigenvalue weighted by molar-refractivity contribution is -0.137. The summed E-state index contributed by atoms with van der Waals surface area (Å²) in [5.74, 6) is 0.408. The maximum Gasteiger partial charge on any atom is 0.311 e. The van der Waals surface area contributed by atoms with Crippen molar-refractivity contribution in [2.24, 2.45) is 0 Å². The zero-order valence-corrected chi connectivity index (χ0v) is 17.1. The lowest BCUT2D eigenvalue weighted by Gasteiger charge is -2.13. The topological polar surface area (TPSA) is 61.8 Å². The summed E-state index contributed by atoms with van der Waals surface area (Å²) < 4.78 is 16.5. The van der Waals surface area contributed by atoms with E-state index in [1.54, 1.807) is 18.2 Å². The van der Waals surface area contributed by atoms with Gasteiger partial charge in [-0.25, -0.2) is 0 Å². The Bertz CT molecular complexity index is 568. The van der Waals surface area contributed by atoms with Gasteiger partial charge in [0.05, 0.1) is 6.61 Å². The highest BCUT2D eigenvalue weighted by Gasteiger charge is 2.14. The van der Waals surface area contributed by atoms with Gasteiger partial charge in [-0.15, -0.1) is 0 Å². The van der Waals surface area contributed by atoms with E-state index in [1.165, 1.54) is 25.7 Å². The Hall–Kier alpha value is -2.04. The fourth-order valence-corrected chi connectivity index (χ4v) is 2.57. The van der Waals surface area contributed by atoms with Gasteiger partial charge in [0.2, 0.25) is 0 Å². The normalized spacial score (nSPS) is 10.5. The number of unbranched alkanes of at least 4 members (excludes halogenated alkanes) is 5. The van der Waals surface area contributed by atoms with E-state index in [-0.39, 0.29) is 23.4 Å². The summed E-state index contributed by atoms with van der Waals surface area (Å²) in [7, 11) is 0. The van der Waals surface area contributed by atoms with Gasteiger partial charge in [0.15, 0.2) is 11.5 Å². The molecule has 0 atom stereocenters. The van der Waals surface area contributed by atoms with Gasteiger partial charge < -0.3 is 14.2 Å². The highest BCUT2D eigenvalue weighted by Crippen LogP contribution is 2.32.